The van der Waals surface area contributed by atoms with Gasteiger partial charge in [-0.15, -0.1) is 0 Å². The van der Waals surface area contributed by atoms with Crippen LogP contribution in [0.2, 0.25) is 0 Å². The molecule has 0 spiro atoms. The summed E-state index contributed by atoms with van der Waals surface area (Å²) in [7, 11) is 0. The van der Waals surface area contributed by atoms with Crippen LogP contribution in [0.3, 0.4) is 0 Å². The molecule has 0 fully saturated rings. The van der Waals surface area contributed by atoms with Crippen LogP contribution in [0.5, 0.6) is 0 Å². The van der Waals surface area contributed by atoms with Gasteiger partial charge in [0, 0.05) is 9.79 Å². The normalized spacial score (nSPS) is 10.4. The van der Waals surface area contributed by atoms with Gasteiger partial charge in [-0.1, -0.05) is 23.9 Å². The van der Waals surface area contributed by atoms with Crippen LogP contribution in [-0.2, 0) is 0 Å². The van der Waals surface area contributed by atoms with E-state index in [1.54, 1.807) is 11.8 Å². The van der Waals surface area contributed by atoms with Gasteiger partial charge in [0.1, 0.15) is 5.82 Å². The zero-order chi connectivity index (χ0) is 11.5. The molecule has 82 valence electrons. The van der Waals surface area contributed by atoms with E-state index in [4.69, 9.17) is 0 Å². The van der Waals surface area contributed by atoms with Gasteiger partial charge >= 0.3 is 0 Å². The van der Waals surface area contributed by atoms with Gasteiger partial charge in [0.2, 0.25) is 0 Å². The number of hydrogen-bond acceptors (Lipinski definition) is 1. The molecule has 0 N–H and O–H groups in total. The molecule has 0 amide bonds. The molecule has 0 saturated carbocycles. The smallest absolute Gasteiger partial charge is 0.123 e. The Balaban J connectivity index is 2.26. The topological polar surface area (TPSA) is 0 Å². The molecule has 16 heavy (non-hydrogen) atoms. The Hall–Kier alpha value is -1.28. The van der Waals surface area contributed by atoms with Crippen molar-refractivity contribution in [2.75, 3.05) is 0 Å². The van der Waals surface area contributed by atoms with E-state index < -0.39 is 0 Å². The third-order valence-corrected chi connectivity index (χ3v) is 3.55. The second-order valence-electron chi connectivity index (χ2n) is 3.82. The fourth-order valence-electron chi connectivity index (χ4n) is 1.45. The number of halogens is 1. The molecule has 0 atom stereocenters. The molecule has 0 unspecified atom stereocenters. The first kappa shape index (κ1) is 11.2. The minimum Gasteiger partial charge on any atom is -0.207 e. The van der Waals surface area contributed by atoms with Gasteiger partial charge in [0.25, 0.3) is 0 Å². The van der Waals surface area contributed by atoms with Gasteiger partial charge in [0.05, 0.1) is 0 Å². The number of rotatable bonds is 2. The van der Waals surface area contributed by atoms with Gasteiger partial charge in [-0.05, 0) is 55.3 Å². The van der Waals surface area contributed by atoms with Crippen LogP contribution in [0.15, 0.2) is 52.3 Å². The lowest BCUT2D eigenvalue weighted by Crippen LogP contribution is -1.82. The number of benzene rings is 2. The highest BCUT2D eigenvalue weighted by Crippen LogP contribution is 2.30. The third kappa shape index (κ3) is 2.64. The molecule has 2 aromatic carbocycles. The summed E-state index contributed by atoms with van der Waals surface area (Å²) in [6.45, 7) is 4.17. The first-order chi connectivity index (χ1) is 7.65. The van der Waals surface area contributed by atoms with Crippen molar-refractivity contribution in [3.8, 4) is 0 Å². The minimum atomic E-state index is -0.190. The van der Waals surface area contributed by atoms with Crippen molar-refractivity contribution >= 4 is 11.8 Å². The number of aryl methyl sites for hydroxylation is 2. The summed E-state index contributed by atoms with van der Waals surface area (Å²) in [5.41, 5.74) is 2.50. The molecule has 0 bridgehead atoms. The van der Waals surface area contributed by atoms with Crippen molar-refractivity contribution in [2.24, 2.45) is 0 Å². The lowest BCUT2D eigenvalue weighted by atomic mass is 10.2. The number of hydrogen-bond donors (Lipinski definition) is 0. The maximum Gasteiger partial charge on any atom is 0.123 e. The molecule has 0 heterocycles. The molecule has 0 aliphatic heterocycles. The van der Waals surface area contributed by atoms with Crippen LogP contribution < -0.4 is 0 Å². The van der Waals surface area contributed by atoms with Crippen LogP contribution in [0.25, 0.3) is 0 Å². The zero-order valence-corrected chi connectivity index (χ0v) is 10.1. The van der Waals surface area contributed by atoms with Crippen LogP contribution in [0.1, 0.15) is 11.1 Å². The lowest BCUT2D eigenvalue weighted by Gasteiger charge is -2.06. The maximum atomic E-state index is 12.8. The highest BCUT2D eigenvalue weighted by molar-refractivity contribution is 7.99. The van der Waals surface area contributed by atoms with E-state index in [9.17, 15) is 4.39 Å². The first-order valence-electron chi connectivity index (χ1n) is 5.16. The molecule has 0 radical (unpaired) electrons. The minimum absolute atomic E-state index is 0.190. The summed E-state index contributed by atoms with van der Waals surface area (Å²) in [5, 5.41) is 0. The van der Waals surface area contributed by atoms with Crippen molar-refractivity contribution < 1.29 is 4.39 Å². The molecular weight excluding hydrogens is 219 g/mol. The third-order valence-electron chi connectivity index (χ3n) is 2.39. The Labute approximate surface area is 99.5 Å². The Morgan fingerprint density at radius 2 is 1.62 bits per heavy atom. The summed E-state index contributed by atoms with van der Waals surface area (Å²) in [5.74, 6) is -0.190. The molecule has 2 heteroatoms. The highest BCUT2D eigenvalue weighted by atomic mass is 32.2. The van der Waals surface area contributed by atoms with Crippen molar-refractivity contribution in [3.63, 3.8) is 0 Å². The Kier molecular flexibility index (Phi) is 3.30. The van der Waals surface area contributed by atoms with Gasteiger partial charge in [-0.3, -0.25) is 0 Å². The van der Waals surface area contributed by atoms with E-state index in [1.165, 1.54) is 28.2 Å². The molecule has 0 nitrogen and oxygen atoms in total. The summed E-state index contributed by atoms with van der Waals surface area (Å²) >= 11 is 1.67. The molecule has 0 aliphatic carbocycles. The largest absolute Gasteiger partial charge is 0.207 e. The van der Waals surface area contributed by atoms with E-state index in [0.717, 1.165) is 4.90 Å². The van der Waals surface area contributed by atoms with Gasteiger partial charge < -0.3 is 0 Å². The Morgan fingerprint density at radius 3 is 2.31 bits per heavy atom. The zero-order valence-electron chi connectivity index (χ0n) is 9.33. The van der Waals surface area contributed by atoms with Gasteiger partial charge in [0.15, 0.2) is 0 Å². The summed E-state index contributed by atoms with van der Waals surface area (Å²) in [6, 6.07) is 13.0. The Morgan fingerprint density at radius 1 is 0.938 bits per heavy atom. The van der Waals surface area contributed by atoms with Crippen molar-refractivity contribution in [1.82, 2.24) is 0 Å². The van der Waals surface area contributed by atoms with Crippen molar-refractivity contribution in [1.29, 1.82) is 0 Å². The average molecular weight is 232 g/mol. The van der Waals surface area contributed by atoms with Crippen molar-refractivity contribution in [3.05, 3.63) is 59.4 Å². The summed E-state index contributed by atoms with van der Waals surface area (Å²) in [6.07, 6.45) is 0. The van der Waals surface area contributed by atoms with E-state index in [-0.39, 0.29) is 5.82 Å². The van der Waals surface area contributed by atoms with Gasteiger partial charge in [-0.25, -0.2) is 4.39 Å². The molecule has 2 rings (SSSR count). The molecule has 0 saturated heterocycles. The highest BCUT2D eigenvalue weighted by Gasteiger charge is 2.01. The molecule has 0 aliphatic rings. The van der Waals surface area contributed by atoms with Crippen LogP contribution in [-0.4, -0.2) is 0 Å². The average Bonchev–Trinajstić information content (AvgIpc) is 2.27. The fraction of sp³-hybridized carbons (Fsp3) is 0.143. The van der Waals surface area contributed by atoms with Crippen LogP contribution in [0, 0.1) is 19.7 Å². The quantitative estimate of drug-likeness (QED) is 0.729. The Bertz CT molecular complexity index is 489. The molecule has 0 aromatic heterocycles. The second-order valence-corrected chi connectivity index (χ2v) is 4.94. The SMILES string of the molecule is Cc1ccc(C)c(Sc2ccc(F)cc2)c1. The molecule has 2 aromatic rings. The van der Waals surface area contributed by atoms with Crippen LogP contribution in [0.4, 0.5) is 4.39 Å². The lowest BCUT2D eigenvalue weighted by molar-refractivity contribution is 0.626. The standard InChI is InChI=1S/C14H13FS/c1-10-3-4-11(2)14(9-10)16-13-7-5-12(15)6-8-13/h3-9H,1-2H3. The van der Waals surface area contributed by atoms with Crippen LogP contribution >= 0.6 is 11.8 Å². The predicted octanol–water partition coefficient (Wildman–Crippen LogP) is 4.59. The first-order valence-corrected chi connectivity index (χ1v) is 5.97. The predicted molar refractivity (Wildman–Crippen MR) is 66.4 cm³/mol. The van der Waals surface area contributed by atoms with E-state index in [2.05, 4.69) is 32.0 Å². The van der Waals surface area contributed by atoms with E-state index in [0.29, 0.717) is 0 Å². The van der Waals surface area contributed by atoms with Crippen molar-refractivity contribution in [2.45, 2.75) is 23.6 Å². The monoisotopic (exact) mass is 232 g/mol. The fourth-order valence-corrected chi connectivity index (χ4v) is 2.45. The van der Waals surface area contributed by atoms with Gasteiger partial charge in [-0.2, -0.15) is 0 Å². The van der Waals surface area contributed by atoms with E-state index >= 15 is 0 Å². The summed E-state index contributed by atoms with van der Waals surface area (Å²) < 4.78 is 12.8. The van der Waals surface area contributed by atoms with E-state index in [1.807, 2.05) is 12.1 Å². The second kappa shape index (κ2) is 4.71. The molecular formula is C14H13FS. The summed E-state index contributed by atoms with van der Waals surface area (Å²) in [4.78, 5) is 2.29. The maximum absolute atomic E-state index is 12.8.